The van der Waals surface area contributed by atoms with Crippen molar-refractivity contribution in [3.63, 3.8) is 0 Å². The molecule has 0 aliphatic rings. The summed E-state index contributed by atoms with van der Waals surface area (Å²) in [6.45, 7) is 1.58. The summed E-state index contributed by atoms with van der Waals surface area (Å²) < 4.78 is 1.25. The second kappa shape index (κ2) is 4.34. The first-order valence-corrected chi connectivity index (χ1v) is 5.11. The molecule has 6 heteroatoms. The van der Waals surface area contributed by atoms with Gasteiger partial charge in [0.25, 0.3) is 11.5 Å². The molecule has 0 aliphatic carbocycles. The van der Waals surface area contributed by atoms with Crippen LogP contribution in [0.5, 0.6) is 0 Å². The molecule has 0 bridgehead atoms. The van der Waals surface area contributed by atoms with Crippen LogP contribution in [0.3, 0.4) is 0 Å². The van der Waals surface area contributed by atoms with E-state index in [9.17, 15) is 9.59 Å². The topological polar surface area (TPSA) is 90.0 Å². The highest BCUT2D eigenvalue weighted by molar-refractivity contribution is 5.80. The summed E-state index contributed by atoms with van der Waals surface area (Å²) in [7, 11) is 0. The highest BCUT2D eigenvalue weighted by Crippen LogP contribution is 2.07. The van der Waals surface area contributed by atoms with Crippen LogP contribution < -0.4 is 16.8 Å². The summed E-state index contributed by atoms with van der Waals surface area (Å²) in [5, 5.41) is 0.478. The molecule has 6 nitrogen and oxygen atoms in total. The molecule has 88 valence electrons. The van der Waals surface area contributed by atoms with Crippen LogP contribution >= 0.6 is 0 Å². The normalized spacial score (nSPS) is 12.4. The zero-order chi connectivity index (χ0) is 12.4. The Hall–Kier alpha value is -2.21. The predicted octanol–water partition coefficient (Wildman–Crippen LogP) is -0.0526. The number of para-hydroxylation sites is 1. The number of benzene rings is 1. The van der Waals surface area contributed by atoms with Gasteiger partial charge in [-0.1, -0.05) is 12.1 Å². The first-order valence-electron chi connectivity index (χ1n) is 5.11. The average molecular weight is 232 g/mol. The van der Waals surface area contributed by atoms with Gasteiger partial charge in [-0.15, -0.1) is 0 Å². The molecule has 1 amide bonds. The van der Waals surface area contributed by atoms with Crippen molar-refractivity contribution in [2.75, 3.05) is 0 Å². The number of carbonyl (C=O) groups excluding carboxylic acids is 1. The summed E-state index contributed by atoms with van der Waals surface area (Å²) in [6, 6.07) is 6.28. The lowest BCUT2D eigenvalue weighted by atomic mass is 10.2. The van der Waals surface area contributed by atoms with E-state index in [0.717, 1.165) is 0 Å². The molecule has 1 aromatic heterocycles. The Morgan fingerprint density at radius 3 is 2.88 bits per heavy atom. The van der Waals surface area contributed by atoms with E-state index in [4.69, 9.17) is 5.84 Å². The third-order valence-electron chi connectivity index (χ3n) is 2.63. The molecule has 0 saturated heterocycles. The van der Waals surface area contributed by atoms with Crippen molar-refractivity contribution < 1.29 is 4.79 Å². The van der Waals surface area contributed by atoms with Gasteiger partial charge < -0.3 is 0 Å². The van der Waals surface area contributed by atoms with Crippen molar-refractivity contribution in [3.05, 3.63) is 40.9 Å². The summed E-state index contributed by atoms with van der Waals surface area (Å²) in [5.74, 6) is 4.60. The van der Waals surface area contributed by atoms with Crippen LogP contribution in [0.4, 0.5) is 0 Å². The fraction of sp³-hybridized carbons (Fsp3) is 0.182. The predicted molar refractivity (Wildman–Crippen MR) is 63.0 cm³/mol. The van der Waals surface area contributed by atoms with Crippen LogP contribution in [0, 0.1) is 0 Å². The van der Waals surface area contributed by atoms with Gasteiger partial charge in [0.15, 0.2) is 0 Å². The molecule has 0 fully saturated rings. The molecular formula is C11H12N4O2. The Morgan fingerprint density at radius 1 is 1.47 bits per heavy atom. The van der Waals surface area contributed by atoms with E-state index in [1.165, 1.54) is 10.9 Å². The van der Waals surface area contributed by atoms with Crippen LogP contribution in [0.15, 0.2) is 35.4 Å². The molecule has 0 saturated carbocycles. The molecule has 1 unspecified atom stereocenters. The van der Waals surface area contributed by atoms with Gasteiger partial charge in [-0.05, 0) is 19.1 Å². The van der Waals surface area contributed by atoms with E-state index in [2.05, 4.69) is 4.98 Å². The van der Waals surface area contributed by atoms with Crippen LogP contribution in [0.25, 0.3) is 10.9 Å². The highest BCUT2D eigenvalue weighted by atomic mass is 16.2. The number of hydrazine groups is 1. The maximum atomic E-state index is 12.1. The molecule has 1 aromatic carbocycles. The number of fused-ring (bicyclic) bond motifs is 1. The van der Waals surface area contributed by atoms with E-state index in [1.54, 1.807) is 31.2 Å². The van der Waals surface area contributed by atoms with Gasteiger partial charge in [0.05, 0.1) is 17.2 Å². The lowest BCUT2D eigenvalue weighted by molar-refractivity contribution is -0.124. The summed E-state index contributed by atoms with van der Waals surface area (Å²) in [6.07, 6.45) is 1.35. The van der Waals surface area contributed by atoms with Gasteiger partial charge in [0.1, 0.15) is 6.04 Å². The summed E-state index contributed by atoms with van der Waals surface area (Å²) >= 11 is 0. The van der Waals surface area contributed by atoms with Crippen molar-refractivity contribution in [2.45, 2.75) is 13.0 Å². The van der Waals surface area contributed by atoms with Crippen LogP contribution in [-0.2, 0) is 4.79 Å². The number of hydrogen-bond acceptors (Lipinski definition) is 4. The fourth-order valence-corrected chi connectivity index (χ4v) is 1.61. The Balaban J connectivity index is 2.61. The van der Waals surface area contributed by atoms with Crippen molar-refractivity contribution in [1.82, 2.24) is 15.0 Å². The maximum Gasteiger partial charge on any atom is 0.261 e. The number of aromatic nitrogens is 2. The minimum atomic E-state index is -0.690. The molecule has 1 atom stereocenters. The Bertz CT molecular complexity index is 620. The molecule has 17 heavy (non-hydrogen) atoms. The third-order valence-corrected chi connectivity index (χ3v) is 2.63. The molecule has 1 heterocycles. The van der Waals surface area contributed by atoms with Crippen molar-refractivity contribution in [1.29, 1.82) is 0 Å². The number of nitrogens with zero attached hydrogens (tertiary/aromatic N) is 2. The summed E-state index contributed by atoms with van der Waals surface area (Å²) in [4.78, 5) is 27.6. The van der Waals surface area contributed by atoms with Crippen molar-refractivity contribution in [2.24, 2.45) is 5.84 Å². The number of carbonyl (C=O) groups is 1. The zero-order valence-corrected chi connectivity index (χ0v) is 9.25. The molecule has 0 aliphatic heterocycles. The first-order chi connectivity index (χ1) is 8.15. The summed E-state index contributed by atoms with van der Waals surface area (Å²) in [5.41, 5.74) is 2.36. The van der Waals surface area contributed by atoms with Gasteiger partial charge in [-0.2, -0.15) is 0 Å². The number of nitrogens with two attached hydrogens (primary N) is 1. The van der Waals surface area contributed by atoms with Gasteiger partial charge >= 0.3 is 0 Å². The van der Waals surface area contributed by atoms with Crippen molar-refractivity contribution in [3.8, 4) is 0 Å². The van der Waals surface area contributed by atoms with E-state index in [1.807, 2.05) is 5.43 Å². The second-order valence-electron chi connectivity index (χ2n) is 3.66. The van der Waals surface area contributed by atoms with Crippen LogP contribution in [0.2, 0.25) is 0 Å². The molecule has 3 N–H and O–H groups in total. The van der Waals surface area contributed by atoms with E-state index in [-0.39, 0.29) is 5.56 Å². The molecule has 2 rings (SSSR count). The minimum absolute atomic E-state index is 0.258. The van der Waals surface area contributed by atoms with Gasteiger partial charge in [-0.3, -0.25) is 19.6 Å². The Kier molecular flexibility index (Phi) is 2.88. The molecular weight excluding hydrogens is 220 g/mol. The Morgan fingerprint density at radius 2 is 2.18 bits per heavy atom. The fourth-order valence-electron chi connectivity index (χ4n) is 1.61. The minimum Gasteiger partial charge on any atom is -0.292 e. The third kappa shape index (κ3) is 1.90. The van der Waals surface area contributed by atoms with E-state index in [0.29, 0.717) is 10.9 Å². The van der Waals surface area contributed by atoms with Gasteiger partial charge in [0.2, 0.25) is 0 Å². The standard InChI is InChI=1S/C11H12N4O2/c1-7(10(16)14-12)15-6-13-9-5-3-2-4-8(9)11(15)17/h2-7H,12H2,1H3,(H,14,16). The zero-order valence-electron chi connectivity index (χ0n) is 9.25. The second-order valence-corrected chi connectivity index (χ2v) is 3.66. The van der Waals surface area contributed by atoms with E-state index < -0.39 is 11.9 Å². The van der Waals surface area contributed by atoms with E-state index >= 15 is 0 Å². The number of hydrogen-bond donors (Lipinski definition) is 2. The molecule has 0 radical (unpaired) electrons. The van der Waals surface area contributed by atoms with Crippen LogP contribution in [0.1, 0.15) is 13.0 Å². The SMILES string of the molecule is CC(C(=O)NN)n1cnc2ccccc2c1=O. The number of nitrogens with one attached hydrogen (secondary N) is 1. The largest absolute Gasteiger partial charge is 0.292 e. The molecule has 2 aromatic rings. The van der Waals surface area contributed by atoms with Gasteiger partial charge in [0, 0.05) is 0 Å². The quantitative estimate of drug-likeness (QED) is 0.431. The van der Waals surface area contributed by atoms with Crippen LogP contribution in [-0.4, -0.2) is 15.5 Å². The molecule has 0 spiro atoms. The lowest BCUT2D eigenvalue weighted by Crippen LogP contribution is -2.39. The van der Waals surface area contributed by atoms with Crippen molar-refractivity contribution >= 4 is 16.8 Å². The highest BCUT2D eigenvalue weighted by Gasteiger charge is 2.16. The number of amides is 1. The monoisotopic (exact) mass is 232 g/mol. The Labute approximate surface area is 97.0 Å². The van der Waals surface area contributed by atoms with Gasteiger partial charge in [-0.25, -0.2) is 10.8 Å². The lowest BCUT2D eigenvalue weighted by Gasteiger charge is -2.13. The smallest absolute Gasteiger partial charge is 0.261 e. The first kappa shape index (κ1) is 11.3. The maximum absolute atomic E-state index is 12.1. The average Bonchev–Trinajstić information content (AvgIpc) is 2.38. The number of rotatable bonds is 2.